The minimum absolute atomic E-state index is 0.448. The third-order valence-electron chi connectivity index (χ3n) is 4.54. The molecule has 2 aromatic rings. The molecule has 5 nitrogen and oxygen atoms in total. The van der Waals surface area contributed by atoms with E-state index in [4.69, 9.17) is 17.0 Å². The van der Waals surface area contributed by atoms with Crippen LogP contribution in [0.2, 0.25) is 0 Å². The molecule has 2 aromatic carbocycles. The van der Waals surface area contributed by atoms with Gasteiger partial charge in [0.1, 0.15) is 5.75 Å². The van der Waals surface area contributed by atoms with Gasteiger partial charge in [-0.05, 0) is 79.0 Å². The molecule has 1 aliphatic heterocycles. The number of fused-ring (bicyclic) bond motifs is 1. The van der Waals surface area contributed by atoms with E-state index in [0.717, 1.165) is 36.5 Å². The normalized spacial score (nSPS) is 13.3. The second kappa shape index (κ2) is 9.37. The van der Waals surface area contributed by atoms with Crippen molar-refractivity contribution in [2.45, 2.75) is 26.2 Å². The molecule has 1 heterocycles. The van der Waals surface area contributed by atoms with Crippen LogP contribution in [0.1, 0.15) is 30.9 Å². The van der Waals surface area contributed by atoms with Crippen molar-refractivity contribution in [1.29, 1.82) is 0 Å². The lowest BCUT2D eigenvalue weighted by Gasteiger charge is -2.31. The van der Waals surface area contributed by atoms with E-state index in [9.17, 15) is 0 Å². The third-order valence-corrected chi connectivity index (χ3v) is 4.73. The Hall–Kier alpha value is -2.60. The van der Waals surface area contributed by atoms with E-state index in [-0.39, 0.29) is 0 Å². The Labute approximate surface area is 166 Å². The predicted octanol–water partition coefficient (Wildman–Crippen LogP) is 4.18. The Balaban J connectivity index is 1.56. The molecule has 1 aliphatic rings. The van der Waals surface area contributed by atoms with E-state index in [1.165, 1.54) is 24.1 Å². The Kier molecular flexibility index (Phi) is 6.65. The molecule has 0 saturated heterocycles. The van der Waals surface area contributed by atoms with Gasteiger partial charge in [0, 0.05) is 24.5 Å². The first-order chi connectivity index (χ1) is 13.2. The average Bonchev–Trinajstić information content (AvgIpc) is 2.69. The summed E-state index contributed by atoms with van der Waals surface area (Å²) in [6.45, 7) is 4.50. The van der Waals surface area contributed by atoms with Gasteiger partial charge in [-0.2, -0.15) is 5.10 Å². The lowest BCUT2D eigenvalue weighted by molar-refractivity contribution is 0.415. The Morgan fingerprint density at radius 1 is 1.26 bits per heavy atom. The number of rotatable bonds is 6. The molecule has 2 N–H and O–H groups in total. The highest BCUT2D eigenvalue weighted by Crippen LogP contribution is 2.27. The van der Waals surface area contributed by atoms with E-state index in [1.807, 2.05) is 24.3 Å². The largest absolute Gasteiger partial charge is 0.497 e. The van der Waals surface area contributed by atoms with Crippen LogP contribution in [-0.4, -0.2) is 31.5 Å². The van der Waals surface area contributed by atoms with Crippen LogP contribution in [0, 0.1) is 0 Å². The molecular formula is C21H26N4OS. The standard InChI is InChI=1S/C21H26N4OS/c1-3-12-25-13-4-5-17-14-16(6-11-20(17)25)15-22-24-21(27)23-18-7-9-19(26-2)10-8-18/h6-11,14-15H,3-5,12-13H2,1-2H3,(H2,23,24,27). The molecule has 0 fully saturated rings. The molecule has 0 aliphatic carbocycles. The topological polar surface area (TPSA) is 48.9 Å². The minimum Gasteiger partial charge on any atom is -0.497 e. The van der Waals surface area contributed by atoms with Gasteiger partial charge in [0.2, 0.25) is 0 Å². The Morgan fingerprint density at radius 2 is 2.07 bits per heavy atom. The lowest BCUT2D eigenvalue weighted by Crippen LogP contribution is -2.30. The molecule has 0 amide bonds. The highest BCUT2D eigenvalue weighted by Gasteiger charge is 2.15. The number of nitrogens with one attached hydrogen (secondary N) is 2. The zero-order valence-corrected chi connectivity index (χ0v) is 16.7. The van der Waals surface area contributed by atoms with Crippen molar-refractivity contribution in [3.05, 3.63) is 53.6 Å². The summed E-state index contributed by atoms with van der Waals surface area (Å²) in [5, 5.41) is 7.80. The van der Waals surface area contributed by atoms with Crippen LogP contribution in [-0.2, 0) is 6.42 Å². The van der Waals surface area contributed by atoms with Crippen molar-refractivity contribution in [3.8, 4) is 5.75 Å². The van der Waals surface area contributed by atoms with Crippen LogP contribution < -0.4 is 20.4 Å². The van der Waals surface area contributed by atoms with Crippen LogP contribution in [0.3, 0.4) is 0 Å². The number of aryl methyl sites for hydroxylation is 1. The van der Waals surface area contributed by atoms with Gasteiger partial charge >= 0.3 is 0 Å². The van der Waals surface area contributed by atoms with Crippen LogP contribution in [0.5, 0.6) is 5.75 Å². The average molecular weight is 383 g/mol. The number of methoxy groups -OCH3 is 1. The highest BCUT2D eigenvalue weighted by molar-refractivity contribution is 7.80. The Morgan fingerprint density at radius 3 is 2.81 bits per heavy atom. The molecule has 27 heavy (non-hydrogen) atoms. The van der Waals surface area contributed by atoms with E-state index in [1.54, 1.807) is 13.3 Å². The lowest BCUT2D eigenvalue weighted by atomic mass is 9.99. The molecule has 0 spiro atoms. The fourth-order valence-corrected chi connectivity index (χ4v) is 3.45. The molecule has 0 atom stereocenters. The summed E-state index contributed by atoms with van der Waals surface area (Å²) in [6, 6.07) is 14.1. The monoisotopic (exact) mass is 382 g/mol. The van der Waals surface area contributed by atoms with Gasteiger partial charge in [-0.1, -0.05) is 13.0 Å². The molecule has 0 unspecified atom stereocenters. The maximum Gasteiger partial charge on any atom is 0.191 e. The fourth-order valence-electron chi connectivity index (χ4n) is 3.28. The molecular weight excluding hydrogens is 356 g/mol. The van der Waals surface area contributed by atoms with Gasteiger partial charge in [-0.25, -0.2) is 0 Å². The number of thiocarbonyl (C=S) groups is 1. The predicted molar refractivity (Wildman–Crippen MR) is 117 cm³/mol. The zero-order chi connectivity index (χ0) is 19.1. The van der Waals surface area contributed by atoms with E-state index < -0.39 is 0 Å². The minimum atomic E-state index is 0.448. The molecule has 0 bridgehead atoms. The summed E-state index contributed by atoms with van der Waals surface area (Å²) < 4.78 is 5.14. The third kappa shape index (κ3) is 5.20. The van der Waals surface area contributed by atoms with E-state index >= 15 is 0 Å². The molecule has 0 saturated carbocycles. The van der Waals surface area contributed by atoms with Crippen molar-refractivity contribution >= 4 is 34.9 Å². The number of ether oxygens (including phenoxy) is 1. The number of benzene rings is 2. The molecule has 142 valence electrons. The van der Waals surface area contributed by atoms with Crippen LogP contribution in [0.25, 0.3) is 0 Å². The highest BCUT2D eigenvalue weighted by atomic mass is 32.1. The maximum absolute atomic E-state index is 5.28. The summed E-state index contributed by atoms with van der Waals surface area (Å²) in [5.41, 5.74) is 7.59. The van der Waals surface area contributed by atoms with Crippen LogP contribution in [0.15, 0.2) is 47.6 Å². The quantitative estimate of drug-likeness (QED) is 0.446. The van der Waals surface area contributed by atoms with Gasteiger partial charge in [0.05, 0.1) is 13.3 Å². The summed E-state index contributed by atoms with van der Waals surface area (Å²) >= 11 is 5.28. The van der Waals surface area contributed by atoms with Gasteiger partial charge in [0.15, 0.2) is 5.11 Å². The number of hydrazone groups is 1. The van der Waals surface area contributed by atoms with Crippen molar-refractivity contribution < 1.29 is 4.74 Å². The fraction of sp³-hybridized carbons (Fsp3) is 0.333. The summed E-state index contributed by atoms with van der Waals surface area (Å²) in [7, 11) is 1.64. The van der Waals surface area contributed by atoms with Gasteiger partial charge in [0.25, 0.3) is 0 Å². The van der Waals surface area contributed by atoms with E-state index in [2.05, 4.69) is 45.9 Å². The van der Waals surface area contributed by atoms with Crippen molar-refractivity contribution in [3.63, 3.8) is 0 Å². The van der Waals surface area contributed by atoms with Crippen molar-refractivity contribution in [2.75, 3.05) is 30.4 Å². The summed E-state index contributed by atoms with van der Waals surface area (Å²) in [5.74, 6) is 0.808. The second-order valence-corrected chi connectivity index (χ2v) is 6.94. The summed E-state index contributed by atoms with van der Waals surface area (Å²) in [6.07, 6.45) is 5.32. The first-order valence-corrected chi connectivity index (χ1v) is 9.72. The van der Waals surface area contributed by atoms with Gasteiger partial charge in [-0.15, -0.1) is 0 Å². The number of nitrogens with zero attached hydrogens (tertiary/aromatic N) is 2. The SMILES string of the molecule is CCCN1CCCc2cc(C=NNC(=S)Nc3ccc(OC)cc3)ccc21. The van der Waals surface area contributed by atoms with Gasteiger partial charge in [-0.3, -0.25) is 5.43 Å². The molecule has 6 heteroatoms. The maximum atomic E-state index is 5.28. The summed E-state index contributed by atoms with van der Waals surface area (Å²) in [4.78, 5) is 2.48. The van der Waals surface area contributed by atoms with Crippen molar-refractivity contribution in [2.24, 2.45) is 5.10 Å². The van der Waals surface area contributed by atoms with Crippen molar-refractivity contribution in [1.82, 2.24) is 5.43 Å². The zero-order valence-electron chi connectivity index (χ0n) is 15.9. The van der Waals surface area contributed by atoms with Crippen LogP contribution in [0.4, 0.5) is 11.4 Å². The smallest absolute Gasteiger partial charge is 0.191 e. The molecule has 0 aromatic heterocycles. The second-order valence-electron chi connectivity index (χ2n) is 6.53. The van der Waals surface area contributed by atoms with Gasteiger partial charge < -0.3 is 15.0 Å². The number of hydrogen-bond donors (Lipinski definition) is 2. The number of hydrogen-bond acceptors (Lipinski definition) is 4. The molecule has 3 rings (SSSR count). The van der Waals surface area contributed by atoms with E-state index in [0.29, 0.717) is 5.11 Å². The Bertz CT molecular complexity index is 804. The van der Waals surface area contributed by atoms with Crippen LogP contribution >= 0.6 is 12.2 Å². The molecule has 0 radical (unpaired) electrons. The first kappa shape index (κ1) is 19.2. The first-order valence-electron chi connectivity index (χ1n) is 9.31. The number of anilines is 2.